The van der Waals surface area contributed by atoms with Crippen molar-refractivity contribution in [2.24, 2.45) is 0 Å². The zero-order valence-electron chi connectivity index (χ0n) is 20.4. The van der Waals surface area contributed by atoms with Crippen LogP contribution in [0.3, 0.4) is 0 Å². The highest BCUT2D eigenvalue weighted by atomic mass is 16.2. The second kappa shape index (κ2) is 10.6. The SMILES string of the molecule is Cc1cn(-c2cc(CN3CCCC(=N)C3)cc(NC(=O)Nc3ccc(-c4ccccc4)cc3)c2)cn1. The smallest absolute Gasteiger partial charge is 0.308 e. The number of anilines is 2. The molecule has 1 saturated heterocycles. The Hall–Kier alpha value is -4.23. The van der Waals surface area contributed by atoms with Gasteiger partial charge in [-0.2, -0.15) is 0 Å². The summed E-state index contributed by atoms with van der Waals surface area (Å²) in [5, 5.41) is 14.0. The van der Waals surface area contributed by atoms with Crippen LogP contribution in [0.15, 0.2) is 85.3 Å². The molecule has 0 bridgehead atoms. The largest absolute Gasteiger partial charge is 0.323 e. The number of rotatable bonds is 6. The molecule has 0 aliphatic carbocycles. The predicted molar refractivity (Wildman–Crippen MR) is 145 cm³/mol. The standard InChI is InChI=1S/C29H30N6O/c1-21-17-35(20-31-21)28-15-22(18-34-13-5-8-25(30)19-34)14-27(16-28)33-29(36)32-26-11-9-24(10-12-26)23-6-3-2-4-7-23/h2-4,6-7,9-12,14-17,20,30H,5,8,13,18-19H2,1H3,(H2,32,33,36). The van der Waals surface area contributed by atoms with Gasteiger partial charge in [-0.05, 0) is 73.3 Å². The Balaban J connectivity index is 1.32. The number of nitrogens with one attached hydrogen (secondary N) is 3. The lowest BCUT2D eigenvalue weighted by Crippen LogP contribution is -2.34. The minimum Gasteiger partial charge on any atom is -0.308 e. The van der Waals surface area contributed by atoms with Gasteiger partial charge in [0, 0.05) is 42.1 Å². The van der Waals surface area contributed by atoms with Crippen molar-refractivity contribution in [2.75, 3.05) is 23.7 Å². The summed E-state index contributed by atoms with van der Waals surface area (Å²) in [6.45, 7) is 4.34. The number of piperidine rings is 1. The van der Waals surface area contributed by atoms with E-state index in [9.17, 15) is 4.79 Å². The van der Waals surface area contributed by atoms with Crippen molar-refractivity contribution in [2.45, 2.75) is 26.3 Å². The van der Waals surface area contributed by atoms with E-state index in [0.29, 0.717) is 12.2 Å². The van der Waals surface area contributed by atoms with E-state index in [0.717, 1.165) is 65.4 Å². The van der Waals surface area contributed by atoms with E-state index in [-0.39, 0.29) is 6.03 Å². The number of aromatic nitrogens is 2. The molecule has 1 aliphatic rings. The lowest BCUT2D eigenvalue weighted by atomic mass is 10.1. The zero-order chi connectivity index (χ0) is 24.9. The summed E-state index contributed by atoms with van der Waals surface area (Å²) in [7, 11) is 0. The summed E-state index contributed by atoms with van der Waals surface area (Å²) in [5.41, 5.74) is 7.38. The van der Waals surface area contributed by atoms with E-state index in [1.807, 2.05) is 72.3 Å². The Kier molecular flexibility index (Phi) is 6.91. The molecule has 2 heterocycles. The van der Waals surface area contributed by atoms with Crippen LogP contribution >= 0.6 is 0 Å². The highest BCUT2D eigenvalue weighted by Gasteiger charge is 2.16. The van der Waals surface area contributed by atoms with Gasteiger partial charge in [-0.3, -0.25) is 4.90 Å². The van der Waals surface area contributed by atoms with Crippen molar-refractivity contribution in [1.82, 2.24) is 14.5 Å². The number of imidazole rings is 1. The van der Waals surface area contributed by atoms with Crippen LogP contribution in [0.25, 0.3) is 16.8 Å². The molecule has 0 unspecified atom stereocenters. The van der Waals surface area contributed by atoms with Gasteiger partial charge in [0.25, 0.3) is 0 Å². The molecular weight excluding hydrogens is 448 g/mol. The third-order valence-electron chi connectivity index (χ3n) is 6.27. The van der Waals surface area contributed by atoms with E-state index in [1.54, 1.807) is 6.33 Å². The Morgan fingerprint density at radius 1 is 0.972 bits per heavy atom. The van der Waals surface area contributed by atoms with E-state index < -0.39 is 0 Å². The lowest BCUT2D eigenvalue weighted by Gasteiger charge is -2.27. The van der Waals surface area contributed by atoms with Gasteiger partial charge in [0.2, 0.25) is 0 Å². The molecule has 5 rings (SSSR count). The van der Waals surface area contributed by atoms with Crippen molar-refractivity contribution < 1.29 is 4.79 Å². The third kappa shape index (κ3) is 5.87. The summed E-state index contributed by atoms with van der Waals surface area (Å²) in [5.74, 6) is 0. The van der Waals surface area contributed by atoms with Crippen LogP contribution in [0, 0.1) is 12.3 Å². The van der Waals surface area contributed by atoms with Gasteiger partial charge in [-0.15, -0.1) is 0 Å². The molecular formula is C29H30N6O. The van der Waals surface area contributed by atoms with Crippen LogP contribution < -0.4 is 10.6 Å². The monoisotopic (exact) mass is 478 g/mol. The van der Waals surface area contributed by atoms with Crippen molar-refractivity contribution in [3.05, 3.63) is 96.6 Å². The lowest BCUT2D eigenvalue weighted by molar-refractivity contribution is 0.262. The minimum atomic E-state index is -0.299. The number of carbonyl (C=O) groups excluding carboxylic acids is 1. The van der Waals surface area contributed by atoms with Crippen LogP contribution in [0.1, 0.15) is 24.1 Å². The molecule has 0 spiro atoms. The number of likely N-dealkylation sites (tertiary alicyclic amines) is 1. The van der Waals surface area contributed by atoms with Crippen LogP contribution in [-0.4, -0.2) is 39.3 Å². The number of hydrogen-bond acceptors (Lipinski definition) is 4. The predicted octanol–water partition coefficient (Wildman–Crippen LogP) is 6.11. The quantitative estimate of drug-likeness (QED) is 0.313. The van der Waals surface area contributed by atoms with Crippen LogP contribution in [0.2, 0.25) is 0 Å². The van der Waals surface area contributed by atoms with E-state index in [4.69, 9.17) is 5.41 Å². The molecule has 3 N–H and O–H groups in total. The highest BCUT2D eigenvalue weighted by Crippen LogP contribution is 2.23. The number of benzene rings is 3. The molecule has 7 nitrogen and oxygen atoms in total. The highest BCUT2D eigenvalue weighted by molar-refractivity contribution is 6.00. The fourth-order valence-electron chi connectivity index (χ4n) is 4.56. The summed E-state index contributed by atoms with van der Waals surface area (Å²) in [4.78, 5) is 19.5. The second-order valence-electron chi connectivity index (χ2n) is 9.25. The van der Waals surface area contributed by atoms with Crippen LogP contribution in [0.5, 0.6) is 0 Å². The summed E-state index contributed by atoms with van der Waals surface area (Å²) in [6.07, 6.45) is 5.64. The van der Waals surface area contributed by atoms with Crippen molar-refractivity contribution in [3.63, 3.8) is 0 Å². The molecule has 1 aromatic heterocycles. The maximum Gasteiger partial charge on any atom is 0.323 e. The maximum absolute atomic E-state index is 12.9. The normalized spacial score (nSPS) is 14.0. The first-order chi connectivity index (χ1) is 17.5. The van der Waals surface area contributed by atoms with Crippen LogP contribution in [-0.2, 0) is 6.54 Å². The average Bonchev–Trinajstić information content (AvgIpc) is 3.31. The number of urea groups is 1. The van der Waals surface area contributed by atoms with Gasteiger partial charge in [-0.1, -0.05) is 42.5 Å². The number of aryl methyl sites for hydroxylation is 1. The molecule has 1 fully saturated rings. The second-order valence-corrected chi connectivity index (χ2v) is 9.25. The Labute approximate surface area is 211 Å². The zero-order valence-corrected chi connectivity index (χ0v) is 20.4. The fourth-order valence-corrected chi connectivity index (χ4v) is 4.56. The summed E-state index contributed by atoms with van der Waals surface area (Å²) >= 11 is 0. The van der Waals surface area contributed by atoms with Gasteiger partial charge < -0.3 is 20.6 Å². The van der Waals surface area contributed by atoms with Gasteiger partial charge in [0.05, 0.1) is 12.0 Å². The fraction of sp³-hybridized carbons (Fsp3) is 0.207. The molecule has 3 aromatic carbocycles. The third-order valence-corrected chi connectivity index (χ3v) is 6.27. The van der Waals surface area contributed by atoms with Gasteiger partial charge in [0.1, 0.15) is 0 Å². The number of hydrogen-bond donors (Lipinski definition) is 3. The molecule has 0 atom stereocenters. The van der Waals surface area contributed by atoms with Gasteiger partial charge in [0.15, 0.2) is 0 Å². The first kappa shape index (κ1) is 23.5. The topological polar surface area (TPSA) is 86.0 Å². The number of amides is 2. The molecule has 4 aromatic rings. The van der Waals surface area contributed by atoms with Crippen molar-refractivity contribution in [1.29, 1.82) is 5.41 Å². The van der Waals surface area contributed by atoms with Gasteiger partial charge >= 0.3 is 6.03 Å². The first-order valence-corrected chi connectivity index (χ1v) is 12.2. The van der Waals surface area contributed by atoms with E-state index in [2.05, 4.69) is 38.7 Å². The molecule has 1 aliphatic heterocycles. The Morgan fingerprint density at radius 3 is 2.44 bits per heavy atom. The molecule has 7 heteroatoms. The van der Waals surface area contributed by atoms with E-state index >= 15 is 0 Å². The molecule has 0 radical (unpaired) electrons. The number of carbonyl (C=O) groups is 1. The van der Waals surface area contributed by atoms with E-state index in [1.165, 1.54) is 0 Å². The Morgan fingerprint density at radius 2 is 1.72 bits per heavy atom. The summed E-state index contributed by atoms with van der Waals surface area (Å²) < 4.78 is 1.96. The van der Waals surface area contributed by atoms with Crippen molar-refractivity contribution in [3.8, 4) is 16.8 Å². The average molecular weight is 479 g/mol. The molecule has 36 heavy (non-hydrogen) atoms. The summed E-state index contributed by atoms with van der Waals surface area (Å²) in [6, 6.07) is 23.7. The molecule has 182 valence electrons. The van der Waals surface area contributed by atoms with Crippen molar-refractivity contribution >= 4 is 23.1 Å². The molecule has 0 saturated carbocycles. The maximum atomic E-state index is 12.9. The minimum absolute atomic E-state index is 0.299. The molecule has 2 amide bonds. The van der Waals surface area contributed by atoms with Crippen LogP contribution in [0.4, 0.5) is 16.2 Å². The van der Waals surface area contributed by atoms with Gasteiger partial charge in [-0.25, -0.2) is 9.78 Å². The first-order valence-electron chi connectivity index (χ1n) is 12.2. The Bertz CT molecular complexity index is 1360. The number of nitrogens with zero attached hydrogens (tertiary/aromatic N) is 3.